The van der Waals surface area contributed by atoms with Crippen molar-refractivity contribution in [3.05, 3.63) is 65.4 Å². The highest BCUT2D eigenvalue weighted by Gasteiger charge is 2.49. The van der Waals surface area contributed by atoms with Crippen LogP contribution in [-0.2, 0) is 6.42 Å². The lowest BCUT2D eigenvalue weighted by molar-refractivity contribution is -0.255. The van der Waals surface area contributed by atoms with Crippen molar-refractivity contribution in [1.82, 2.24) is 19.5 Å². The number of nitrogens with one attached hydrogen (secondary N) is 1. The number of hydrogen-bond acceptors (Lipinski definition) is 6. The second-order valence-electron chi connectivity index (χ2n) is 8.35. The van der Waals surface area contributed by atoms with E-state index in [9.17, 15) is 23.1 Å². The number of carbonyl (C=O) groups is 1. The van der Waals surface area contributed by atoms with Crippen LogP contribution < -0.4 is 5.32 Å². The van der Waals surface area contributed by atoms with Crippen LogP contribution in [0.15, 0.2) is 47.2 Å². The van der Waals surface area contributed by atoms with Gasteiger partial charge in [0.25, 0.3) is 5.91 Å². The van der Waals surface area contributed by atoms with Crippen LogP contribution in [0.3, 0.4) is 0 Å². The predicted molar refractivity (Wildman–Crippen MR) is 117 cm³/mol. The van der Waals surface area contributed by atoms with Crippen molar-refractivity contribution in [3.63, 3.8) is 0 Å². The molecule has 3 heterocycles. The minimum Gasteiger partial charge on any atom is -0.381 e. The van der Waals surface area contributed by atoms with E-state index < -0.39 is 18.2 Å². The van der Waals surface area contributed by atoms with Gasteiger partial charge in [-0.15, -0.1) is 0 Å². The summed E-state index contributed by atoms with van der Waals surface area (Å²) < 4.78 is 45.3. The molecule has 1 aromatic carbocycles. The van der Waals surface area contributed by atoms with Crippen molar-refractivity contribution in [2.24, 2.45) is 0 Å². The van der Waals surface area contributed by atoms with Crippen LogP contribution in [0.4, 0.5) is 18.9 Å². The van der Waals surface area contributed by atoms with Crippen molar-refractivity contribution >= 4 is 17.2 Å². The van der Waals surface area contributed by atoms with Crippen LogP contribution in [0.2, 0.25) is 0 Å². The standard InChI is InChI=1S/C23H22F3N5O3/c1-13-4-7-18-27-11-17(31(18)12-13)21(32)28-16-10-15(6-5-14(16)2)20-29-19(34-30-20)8-9-22(3,33)23(24,25)26/h4-7,10-12,33H,8-9H2,1-3H3,(H,28,32). The molecule has 1 atom stereocenters. The largest absolute Gasteiger partial charge is 0.416 e. The van der Waals surface area contributed by atoms with Crippen LogP contribution in [0.1, 0.15) is 40.9 Å². The summed E-state index contributed by atoms with van der Waals surface area (Å²) in [6.45, 7) is 4.43. The number of benzene rings is 1. The maximum absolute atomic E-state index is 12.9. The number of pyridine rings is 1. The van der Waals surface area contributed by atoms with E-state index in [0.717, 1.165) is 11.1 Å². The third-order valence-corrected chi connectivity index (χ3v) is 5.53. The highest BCUT2D eigenvalue weighted by atomic mass is 19.4. The number of imidazole rings is 1. The number of aromatic nitrogens is 4. The molecule has 0 saturated carbocycles. The van der Waals surface area contributed by atoms with E-state index in [2.05, 4.69) is 20.4 Å². The third kappa shape index (κ3) is 4.65. The Balaban J connectivity index is 1.52. The third-order valence-electron chi connectivity index (χ3n) is 5.53. The van der Waals surface area contributed by atoms with Gasteiger partial charge in [0.1, 0.15) is 11.3 Å². The SMILES string of the molecule is Cc1ccc2ncc(C(=O)Nc3cc(-c4noc(CCC(C)(O)C(F)(F)F)n4)ccc3C)n2c1. The number of aryl methyl sites for hydroxylation is 3. The first kappa shape index (κ1) is 23.4. The molecule has 178 valence electrons. The lowest BCUT2D eigenvalue weighted by Crippen LogP contribution is -2.42. The Morgan fingerprint density at radius 1 is 1.21 bits per heavy atom. The van der Waals surface area contributed by atoms with Crippen LogP contribution in [-0.4, -0.2) is 42.3 Å². The number of carbonyl (C=O) groups excluding carboxylic acids is 1. The molecule has 11 heteroatoms. The number of halogens is 3. The fourth-order valence-electron chi connectivity index (χ4n) is 3.30. The van der Waals surface area contributed by atoms with Crippen molar-refractivity contribution in [2.75, 3.05) is 5.32 Å². The van der Waals surface area contributed by atoms with Gasteiger partial charge in [0.15, 0.2) is 5.60 Å². The zero-order chi connectivity index (χ0) is 24.7. The van der Waals surface area contributed by atoms with Gasteiger partial charge in [0, 0.05) is 23.9 Å². The highest BCUT2D eigenvalue weighted by molar-refractivity contribution is 6.04. The van der Waals surface area contributed by atoms with Crippen LogP contribution in [0.25, 0.3) is 17.0 Å². The van der Waals surface area contributed by atoms with Gasteiger partial charge in [-0.1, -0.05) is 23.4 Å². The van der Waals surface area contributed by atoms with Crippen molar-refractivity contribution < 1.29 is 27.6 Å². The topological polar surface area (TPSA) is 106 Å². The minimum absolute atomic E-state index is 0.0354. The average Bonchev–Trinajstić information content (AvgIpc) is 3.40. The summed E-state index contributed by atoms with van der Waals surface area (Å²) in [5.74, 6) is -0.240. The van der Waals surface area contributed by atoms with E-state index in [1.54, 1.807) is 22.6 Å². The Kier molecular flexibility index (Phi) is 5.90. The molecule has 0 radical (unpaired) electrons. The molecule has 4 aromatic rings. The first-order valence-electron chi connectivity index (χ1n) is 10.4. The number of alkyl halides is 3. The van der Waals surface area contributed by atoms with E-state index in [4.69, 9.17) is 4.52 Å². The lowest BCUT2D eigenvalue weighted by atomic mass is 10.00. The van der Waals surface area contributed by atoms with E-state index in [-0.39, 0.29) is 24.0 Å². The van der Waals surface area contributed by atoms with E-state index in [1.165, 1.54) is 6.20 Å². The zero-order valence-corrected chi connectivity index (χ0v) is 18.6. The Bertz CT molecular complexity index is 1360. The van der Waals surface area contributed by atoms with E-state index in [1.807, 2.05) is 32.2 Å². The molecule has 4 rings (SSSR count). The molecule has 0 aliphatic carbocycles. The molecule has 0 aliphatic rings. The number of amides is 1. The van der Waals surface area contributed by atoms with Gasteiger partial charge in [-0.3, -0.25) is 9.20 Å². The van der Waals surface area contributed by atoms with Crippen molar-refractivity contribution in [2.45, 2.75) is 45.4 Å². The second kappa shape index (κ2) is 8.56. The molecule has 0 fully saturated rings. The number of nitrogens with zero attached hydrogens (tertiary/aromatic N) is 4. The second-order valence-corrected chi connectivity index (χ2v) is 8.35. The molecule has 2 N–H and O–H groups in total. The molecular formula is C23H22F3N5O3. The highest BCUT2D eigenvalue weighted by Crippen LogP contribution is 2.33. The zero-order valence-electron chi connectivity index (χ0n) is 18.6. The normalized spacial score (nSPS) is 13.7. The fourth-order valence-corrected chi connectivity index (χ4v) is 3.30. The summed E-state index contributed by atoms with van der Waals surface area (Å²) >= 11 is 0. The molecule has 0 bridgehead atoms. The van der Waals surface area contributed by atoms with Gasteiger partial charge < -0.3 is 14.9 Å². The Morgan fingerprint density at radius 3 is 2.71 bits per heavy atom. The Labute approximate surface area is 192 Å². The summed E-state index contributed by atoms with van der Waals surface area (Å²) in [6, 6.07) is 8.85. The molecule has 34 heavy (non-hydrogen) atoms. The van der Waals surface area contributed by atoms with Gasteiger partial charge in [-0.2, -0.15) is 18.2 Å². The summed E-state index contributed by atoms with van der Waals surface area (Å²) in [4.78, 5) is 21.3. The van der Waals surface area contributed by atoms with Gasteiger partial charge in [-0.25, -0.2) is 4.98 Å². The van der Waals surface area contributed by atoms with Crippen molar-refractivity contribution in [1.29, 1.82) is 0 Å². The monoisotopic (exact) mass is 473 g/mol. The summed E-state index contributed by atoms with van der Waals surface area (Å²) in [7, 11) is 0. The minimum atomic E-state index is -4.76. The molecule has 1 amide bonds. The molecular weight excluding hydrogens is 451 g/mol. The predicted octanol–water partition coefficient (Wildman–Crippen LogP) is 4.50. The maximum atomic E-state index is 12.9. The van der Waals surface area contributed by atoms with Gasteiger partial charge in [-0.05, 0) is 50.5 Å². The summed E-state index contributed by atoms with van der Waals surface area (Å²) in [5.41, 5.74) is 0.921. The number of fused-ring (bicyclic) bond motifs is 1. The number of hydrogen-bond donors (Lipinski definition) is 2. The van der Waals surface area contributed by atoms with Gasteiger partial charge in [0.2, 0.25) is 11.7 Å². The van der Waals surface area contributed by atoms with E-state index >= 15 is 0 Å². The van der Waals surface area contributed by atoms with Crippen LogP contribution in [0.5, 0.6) is 0 Å². The maximum Gasteiger partial charge on any atom is 0.416 e. The van der Waals surface area contributed by atoms with Crippen LogP contribution in [0, 0.1) is 13.8 Å². The molecule has 1 unspecified atom stereocenters. The summed E-state index contributed by atoms with van der Waals surface area (Å²) in [5, 5.41) is 16.3. The number of aliphatic hydroxyl groups is 1. The molecule has 8 nitrogen and oxygen atoms in total. The Hall–Kier alpha value is -3.73. The number of anilines is 1. The van der Waals surface area contributed by atoms with Gasteiger partial charge in [0.05, 0.1) is 6.20 Å². The number of rotatable bonds is 6. The first-order valence-corrected chi connectivity index (χ1v) is 10.4. The van der Waals surface area contributed by atoms with E-state index in [0.29, 0.717) is 29.5 Å². The van der Waals surface area contributed by atoms with Crippen LogP contribution >= 0.6 is 0 Å². The first-order chi connectivity index (χ1) is 15.9. The summed E-state index contributed by atoms with van der Waals surface area (Å²) in [6.07, 6.45) is -2.32. The quantitative estimate of drug-likeness (QED) is 0.427. The molecule has 0 spiro atoms. The lowest BCUT2D eigenvalue weighted by Gasteiger charge is -2.25. The smallest absolute Gasteiger partial charge is 0.381 e. The molecule has 3 aromatic heterocycles. The Morgan fingerprint density at radius 2 is 1.97 bits per heavy atom. The van der Waals surface area contributed by atoms with Crippen molar-refractivity contribution in [3.8, 4) is 11.4 Å². The molecule has 0 saturated heterocycles. The fraction of sp³-hybridized carbons (Fsp3) is 0.304. The van der Waals surface area contributed by atoms with Gasteiger partial charge >= 0.3 is 6.18 Å². The average molecular weight is 473 g/mol. The molecule has 0 aliphatic heterocycles.